The normalized spacial score (nSPS) is 10.8. The molecule has 1 heterocycles. The van der Waals surface area contributed by atoms with Crippen LogP contribution in [0.15, 0.2) is 40.9 Å². The first-order chi connectivity index (χ1) is 11.0. The van der Waals surface area contributed by atoms with Crippen molar-refractivity contribution < 1.29 is 14.1 Å². The Bertz CT molecular complexity index is 672. The number of aromatic nitrogens is 2. The van der Waals surface area contributed by atoms with E-state index in [1.165, 1.54) is 5.56 Å². The molecule has 0 amide bonds. The number of rotatable bonds is 7. The van der Waals surface area contributed by atoms with E-state index in [-0.39, 0.29) is 19.0 Å². The van der Waals surface area contributed by atoms with E-state index in [0.29, 0.717) is 24.1 Å². The van der Waals surface area contributed by atoms with Crippen molar-refractivity contribution in [1.29, 1.82) is 0 Å². The van der Waals surface area contributed by atoms with Gasteiger partial charge in [-0.2, -0.15) is 4.98 Å². The second kappa shape index (κ2) is 7.72. The fourth-order valence-corrected chi connectivity index (χ4v) is 1.98. The summed E-state index contributed by atoms with van der Waals surface area (Å²) < 4.78 is 10.2. The van der Waals surface area contributed by atoms with Crippen LogP contribution in [0.3, 0.4) is 0 Å². The van der Waals surface area contributed by atoms with E-state index in [1.807, 2.05) is 19.1 Å². The van der Waals surface area contributed by atoms with Gasteiger partial charge in [-0.3, -0.25) is 4.79 Å². The number of esters is 1. The van der Waals surface area contributed by atoms with Crippen molar-refractivity contribution in [2.45, 2.75) is 39.5 Å². The molecule has 0 fully saturated rings. The fourth-order valence-electron chi connectivity index (χ4n) is 1.98. The molecule has 1 aromatic heterocycles. The summed E-state index contributed by atoms with van der Waals surface area (Å²) in [6, 6.07) is 8.08. The number of nitrogens with zero attached hydrogens (tertiary/aromatic N) is 2. The number of carbonyl (C=O) groups is 1. The van der Waals surface area contributed by atoms with Gasteiger partial charge in [-0.15, -0.1) is 0 Å². The van der Waals surface area contributed by atoms with Gasteiger partial charge in [0.05, 0.1) is 6.42 Å². The molecular formula is C18H22N2O3. The highest BCUT2D eigenvalue weighted by Gasteiger charge is 2.11. The third-order valence-electron chi connectivity index (χ3n) is 3.33. The molecule has 5 nitrogen and oxygen atoms in total. The van der Waals surface area contributed by atoms with Gasteiger partial charge < -0.3 is 9.26 Å². The first-order valence-corrected chi connectivity index (χ1v) is 7.68. The van der Waals surface area contributed by atoms with Crippen LogP contribution in [0.1, 0.15) is 44.6 Å². The van der Waals surface area contributed by atoms with Crippen LogP contribution in [0, 0.1) is 0 Å². The lowest BCUT2D eigenvalue weighted by Gasteiger charge is -2.04. The molecule has 2 aromatic rings. The van der Waals surface area contributed by atoms with E-state index in [1.54, 1.807) is 0 Å². The first-order valence-electron chi connectivity index (χ1n) is 7.68. The molecule has 0 spiro atoms. The average Bonchev–Trinajstić information content (AvgIpc) is 3.00. The minimum atomic E-state index is -0.297. The molecule has 2 rings (SSSR count). The van der Waals surface area contributed by atoms with Gasteiger partial charge in [0.25, 0.3) is 0 Å². The summed E-state index contributed by atoms with van der Waals surface area (Å²) in [5.41, 5.74) is 2.97. The van der Waals surface area contributed by atoms with E-state index < -0.39 is 0 Å². The highest BCUT2D eigenvalue weighted by Crippen LogP contribution is 2.20. The Kier molecular flexibility index (Phi) is 5.68. The molecule has 0 saturated heterocycles. The molecule has 5 heteroatoms. The summed E-state index contributed by atoms with van der Waals surface area (Å²) in [6.45, 7) is 10.0. The van der Waals surface area contributed by atoms with Crippen molar-refractivity contribution in [2.24, 2.45) is 0 Å². The molecule has 0 aliphatic rings. The Hall–Kier alpha value is -2.43. The number of aryl methyl sites for hydroxylation is 1. The van der Waals surface area contributed by atoms with E-state index >= 15 is 0 Å². The van der Waals surface area contributed by atoms with Gasteiger partial charge in [-0.1, -0.05) is 49.8 Å². The van der Waals surface area contributed by atoms with Crippen molar-refractivity contribution in [3.8, 4) is 11.4 Å². The van der Waals surface area contributed by atoms with E-state index in [4.69, 9.17) is 9.26 Å². The van der Waals surface area contributed by atoms with Crippen LogP contribution in [-0.2, 0) is 16.0 Å². The van der Waals surface area contributed by atoms with Crippen LogP contribution in [0.25, 0.3) is 11.4 Å². The van der Waals surface area contributed by atoms with Gasteiger partial charge in [0.1, 0.15) is 6.61 Å². The van der Waals surface area contributed by atoms with Gasteiger partial charge >= 0.3 is 5.97 Å². The van der Waals surface area contributed by atoms with Crippen molar-refractivity contribution in [3.05, 3.63) is 47.9 Å². The Morgan fingerprint density at radius 3 is 2.61 bits per heavy atom. The minimum Gasteiger partial charge on any atom is -0.461 e. The fraction of sp³-hybridized carbons (Fsp3) is 0.389. The van der Waals surface area contributed by atoms with Crippen LogP contribution < -0.4 is 0 Å². The summed E-state index contributed by atoms with van der Waals surface area (Å²) >= 11 is 0. The second-order valence-electron chi connectivity index (χ2n) is 5.91. The second-order valence-corrected chi connectivity index (χ2v) is 5.91. The molecule has 0 radical (unpaired) electrons. The molecule has 0 N–H and O–H groups in total. The van der Waals surface area contributed by atoms with E-state index in [2.05, 4.69) is 42.7 Å². The summed E-state index contributed by atoms with van der Waals surface area (Å²) in [7, 11) is 0. The average molecular weight is 314 g/mol. The molecule has 0 bridgehead atoms. The predicted octanol–water partition coefficient (Wildman–Crippen LogP) is 3.91. The molecular weight excluding hydrogens is 292 g/mol. The Morgan fingerprint density at radius 2 is 2.00 bits per heavy atom. The third kappa shape index (κ3) is 5.06. The zero-order chi connectivity index (χ0) is 16.8. The quantitative estimate of drug-likeness (QED) is 0.572. The van der Waals surface area contributed by atoms with Crippen molar-refractivity contribution >= 4 is 5.97 Å². The molecule has 23 heavy (non-hydrogen) atoms. The summed E-state index contributed by atoms with van der Waals surface area (Å²) in [5, 5.41) is 3.96. The molecule has 0 unspecified atom stereocenters. The SMILES string of the molecule is C=C(C)COC(=O)CCc1nc(-c2ccc(C(C)C)cc2)no1. The number of carbonyl (C=O) groups excluding carboxylic acids is 1. The Morgan fingerprint density at radius 1 is 1.30 bits per heavy atom. The predicted molar refractivity (Wildman–Crippen MR) is 87.9 cm³/mol. The number of hydrogen-bond acceptors (Lipinski definition) is 5. The van der Waals surface area contributed by atoms with Gasteiger partial charge in [0.2, 0.25) is 11.7 Å². The smallest absolute Gasteiger partial charge is 0.306 e. The molecule has 122 valence electrons. The standard InChI is InChI=1S/C18H22N2O3/c1-12(2)11-22-17(21)10-9-16-19-18(20-23-16)15-7-5-14(6-8-15)13(3)4/h5-8,13H,1,9-11H2,2-4H3. The summed E-state index contributed by atoms with van der Waals surface area (Å²) in [4.78, 5) is 15.9. The summed E-state index contributed by atoms with van der Waals surface area (Å²) in [5.74, 6) is 1.15. The highest BCUT2D eigenvalue weighted by atomic mass is 16.5. The van der Waals surface area contributed by atoms with E-state index in [9.17, 15) is 4.79 Å². The number of hydrogen-bond donors (Lipinski definition) is 0. The largest absolute Gasteiger partial charge is 0.461 e. The lowest BCUT2D eigenvalue weighted by molar-refractivity contribution is -0.142. The molecule has 0 aliphatic carbocycles. The van der Waals surface area contributed by atoms with Crippen LogP contribution in [0.4, 0.5) is 0 Å². The third-order valence-corrected chi connectivity index (χ3v) is 3.33. The lowest BCUT2D eigenvalue weighted by atomic mass is 10.0. The number of benzene rings is 1. The Balaban J connectivity index is 1.92. The maximum atomic E-state index is 11.5. The van der Waals surface area contributed by atoms with Crippen LogP contribution >= 0.6 is 0 Å². The Labute approximate surface area is 136 Å². The molecule has 1 aromatic carbocycles. The highest BCUT2D eigenvalue weighted by molar-refractivity contribution is 5.69. The maximum Gasteiger partial charge on any atom is 0.306 e. The van der Waals surface area contributed by atoms with Gasteiger partial charge in [-0.25, -0.2) is 0 Å². The zero-order valence-electron chi connectivity index (χ0n) is 13.8. The lowest BCUT2D eigenvalue weighted by Crippen LogP contribution is -2.07. The monoisotopic (exact) mass is 314 g/mol. The number of ether oxygens (including phenoxy) is 1. The van der Waals surface area contributed by atoms with Crippen LogP contribution in [-0.4, -0.2) is 22.7 Å². The van der Waals surface area contributed by atoms with Crippen LogP contribution in [0.2, 0.25) is 0 Å². The van der Waals surface area contributed by atoms with Gasteiger partial charge in [0.15, 0.2) is 0 Å². The first kappa shape index (κ1) is 16.9. The van der Waals surface area contributed by atoms with Crippen molar-refractivity contribution in [2.75, 3.05) is 6.61 Å². The van der Waals surface area contributed by atoms with E-state index in [0.717, 1.165) is 11.1 Å². The minimum absolute atomic E-state index is 0.210. The van der Waals surface area contributed by atoms with Crippen LogP contribution in [0.5, 0.6) is 0 Å². The zero-order valence-corrected chi connectivity index (χ0v) is 13.8. The molecule has 0 atom stereocenters. The topological polar surface area (TPSA) is 65.2 Å². The van der Waals surface area contributed by atoms with Crippen molar-refractivity contribution in [1.82, 2.24) is 10.1 Å². The summed E-state index contributed by atoms with van der Waals surface area (Å²) in [6.07, 6.45) is 0.577. The molecule has 0 aliphatic heterocycles. The maximum absolute atomic E-state index is 11.5. The van der Waals surface area contributed by atoms with Crippen molar-refractivity contribution in [3.63, 3.8) is 0 Å². The van der Waals surface area contributed by atoms with Gasteiger partial charge in [-0.05, 0) is 24.0 Å². The van der Waals surface area contributed by atoms with Gasteiger partial charge in [0, 0.05) is 12.0 Å². The molecule has 0 saturated carbocycles.